The van der Waals surface area contributed by atoms with E-state index in [4.69, 9.17) is 9.47 Å². The van der Waals surface area contributed by atoms with Gasteiger partial charge in [0.25, 0.3) is 5.91 Å². The van der Waals surface area contributed by atoms with E-state index < -0.39 is 5.66 Å². The summed E-state index contributed by atoms with van der Waals surface area (Å²) in [6, 6.07) is 15.6. The summed E-state index contributed by atoms with van der Waals surface area (Å²) in [5, 5.41) is 3.61. The van der Waals surface area contributed by atoms with Crippen molar-refractivity contribution in [1.29, 1.82) is 0 Å². The number of amides is 1. The number of ether oxygens (including phenoxy) is 2. The molecule has 0 bridgehead atoms. The third-order valence-corrected chi connectivity index (χ3v) is 5.37. The molecule has 2 unspecified atom stereocenters. The van der Waals surface area contributed by atoms with Crippen LogP contribution >= 0.6 is 0 Å². The molecule has 1 aliphatic rings. The van der Waals surface area contributed by atoms with E-state index in [1.165, 1.54) is 0 Å². The van der Waals surface area contributed by atoms with E-state index in [0.717, 1.165) is 29.8 Å². The van der Waals surface area contributed by atoms with Crippen molar-refractivity contribution in [2.45, 2.75) is 45.4 Å². The second kappa shape index (κ2) is 8.65. The highest BCUT2D eigenvalue weighted by atomic mass is 16.5. The van der Waals surface area contributed by atoms with E-state index in [0.29, 0.717) is 18.7 Å². The smallest absolute Gasteiger partial charge is 0.258 e. The number of nitrogens with one attached hydrogen (secondary N) is 1. The van der Waals surface area contributed by atoms with Crippen LogP contribution in [0.2, 0.25) is 0 Å². The molecule has 150 valence electrons. The van der Waals surface area contributed by atoms with E-state index in [1.54, 1.807) is 7.11 Å². The Morgan fingerprint density at radius 1 is 1.14 bits per heavy atom. The highest BCUT2D eigenvalue weighted by molar-refractivity contribution is 6.02. The molecule has 0 saturated heterocycles. The number of rotatable bonds is 8. The van der Waals surface area contributed by atoms with Crippen LogP contribution in [0.15, 0.2) is 48.5 Å². The summed E-state index contributed by atoms with van der Waals surface area (Å²) in [4.78, 5) is 15.3. The minimum absolute atomic E-state index is 0.0197. The van der Waals surface area contributed by atoms with Crippen molar-refractivity contribution in [1.82, 2.24) is 4.90 Å². The molecule has 2 aromatic rings. The van der Waals surface area contributed by atoms with Gasteiger partial charge in [-0.1, -0.05) is 37.3 Å². The zero-order valence-corrected chi connectivity index (χ0v) is 17.2. The Morgan fingerprint density at radius 2 is 1.86 bits per heavy atom. The Morgan fingerprint density at radius 3 is 2.61 bits per heavy atom. The lowest BCUT2D eigenvalue weighted by molar-refractivity contribution is 0.0495. The van der Waals surface area contributed by atoms with Gasteiger partial charge in [-0.05, 0) is 44.9 Å². The molecule has 2 aromatic carbocycles. The highest BCUT2D eigenvalue weighted by Gasteiger charge is 2.43. The zero-order chi connectivity index (χ0) is 20.1. The van der Waals surface area contributed by atoms with Crippen LogP contribution in [0.5, 0.6) is 5.75 Å². The molecule has 1 aliphatic heterocycles. The first-order valence-electron chi connectivity index (χ1n) is 9.95. The molecule has 0 fully saturated rings. The Balaban J connectivity index is 2.06. The number of methoxy groups -OCH3 is 1. The van der Waals surface area contributed by atoms with Gasteiger partial charge in [0.1, 0.15) is 11.4 Å². The van der Waals surface area contributed by atoms with Crippen molar-refractivity contribution in [3.05, 3.63) is 59.7 Å². The van der Waals surface area contributed by atoms with E-state index >= 15 is 0 Å². The van der Waals surface area contributed by atoms with Crippen LogP contribution < -0.4 is 10.1 Å². The Kier molecular flexibility index (Phi) is 6.25. The maximum absolute atomic E-state index is 13.4. The largest absolute Gasteiger partial charge is 0.490 e. The minimum Gasteiger partial charge on any atom is -0.490 e. The summed E-state index contributed by atoms with van der Waals surface area (Å²) in [6.07, 6.45) is 1.77. The molecule has 1 amide bonds. The lowest BCUT2D eigenvalue weighted by Gasteiger charge is -2.47. The van der Waals surface area contributed by atoms with Gasteiger partial charge >= 0.3 is 0 Å². The molecule has 5 heteroatoms. The number of fused-ring (bicyclic) bond motifs is 1. The highest BCUT2D eigenvalue weighted by Crippen LogP contribution is 2.41. The molecule has 0 spiro atoms. The predicted molar refractivity (Wildman–Crippen MR) is 112 cm³/mol. The molecule has 2 atom stereocenters. The van der Waals surface area contributed by atoms with Crippen LogP contribution in [0.1, 0.15) is 49.5 Å². The molecule has 28 heavy (non-hydrogen) atoms. The second-order valence-corrected chi connectivity index (χ2v) is 7.38. The van der Waals surface area contributed by atoms with Crippen molar-refractivity contribution in [2.24, 2.45) is 0 Å². The summed E-state index contributed by atoms with van der Waals surface area (Å²) in [5.41, 5.74) is 1.77. The topological polar surface area (TPSA) is 50.8 Å². The molecule has 5 nitrogen and oxygen atoms in total. The number of hydrogen-bond donors (Lipinski definition) is 1. The third-order valence-electron chi connectivity index (χ3n) is 5.37. The molecule has 0 aliphatic carbocycles. The number of benzene rings is 2. The Bertz CT molecular complexity index is 823. The van der Waals surface area contributed by atoms with E-state index in [2.05, 4.69) is 19.2 Å². The Hall–Kier alpha value is -2.53. The molecule has 0 saturated carbocycles. The van der Waals surface area contributed by atoms with Gasteiger partial charge in [0.2, 0.25) is 0 Å². The quantitative estimate of drug-likeness (QED) is 0.676. The zero-order valence-electron chi connectivity index (χ0n) is 17.2. The standard InChI is InChI=1S/C23H30N2O3/c1-5-17(2)28-21-14-9-7-12-19(21)23(3)24-20-13-8-6-11-18(20)22(26)25(23)15-10-16-27-4/h6-9,11-14,17,24H,5,10,15-16H2,1-4H3. The number of carbonyl (C=O) groups excluding carboxylic acids is 1. The molecule has 1 heterocycles. The molecular formula is C23H30N2O3. The van der Waals surface area contributed by atoms with Gasteiger partial charge < -0.3 is 19.7 Å². The monoisotopic (exact) mass is 382 g/mol. The predicted octanol–water partition coefficient (Wildman–Crippen LogP) is 4.64. The van der Waals surface area contributed by atoms with Crippen LogP contribution in [0.25, 0.3) is 0 Å². The van der Waals surface area contributed by atoms with Gasteiger partial charge in [0.15, 0.2) is 0 Å². The molecule has 3 rings (SSSR count). The average Bonchev–Trinajstić information content (AvgIpc) is 2.70. The fourth-order valence-electron chi connectivity index (χ4n) is 3.63. The van der Waals surface area contributed by atoms with Gasteiger partial charge in [0, 0.05) is 31.5 Å². The third kappa shape index (κ3) is 3.85. The summed E-state index contributed by atoms with van der Waals surface area (Å²) in [6.45, 7) is 7.40. The number of para-hydroxylation sites is 2. The summed E-state index contributed by atoms with van der Waals surface area (Å²) >= 11 is 0. The van der Waals surface area contributed by atoms with Crippen molar-refractivity contribution in [3.8, 4) is 5.75 Å². The van der Waals surface area contributed by atoms with Gasteiger partial charge in [-0.25, -0.2) is 0 Å². The second-order valence-electron chi connectivity index (χ2n) is 7.38. The van der Waals surface area contributed by atoms with Crippen molar-refractivity contribution in [3.63, 3.8) is 0 Å². The number of anilines is 1. The van der Waals surface area contributed by atoms with E-state index in [-0.39, 0.29) is 12.0 Å². The van der Waals surface area contributed by atoms with E-state index in [1.807, 2.05) is 60.4 Å². The first-order valence-corrected chi connectivity index (χ1v) is 9.95. The van der Waals surface area contributed by atoms with Gasteiger partial charge in [-0.2, -0.15) is 0 Å². The maximum atomic E-state index is 13.4. The maximum Gasteiger partial charge on any atom is 0.258 e. The van der Waals surface area contributed by atoms with Crippen LogP contribution in [-0.4, -0.2) is 37.2 Å². The van der Waals surface area contributed by atoms with Crippen molar-refractivity contribution >= 4 is 11.6 Å². The van der Waals surface area contributed by atoms with Gasteiger partial charge in [0.05, 0.1) is 11.7 Å². The van der Waals surface area contributed by atoms with Crippen molar-refractivity contribution < 1.29 is 14.3 Å². The van der Waals surface area contributed by atoms with Gasteiger partial charge in [-0.15, -0.1) is 0 Å². The average molecular weight is 383 g/mol. The van der Waals surface area contributed by atoms with E-state index in [9.17, 15) is 4.79 Å². The van der Waals surface area contributed by atoms with Crippen LogP contribution in [0.4, 0.5) is 5.69 Å². The number of hydrogen-bond acceptors (Lipinski definition) is 4. The first-order chi connectivity index (χ1) is 13.5. The summed E-state index contributed by atoms with van der Waals surface area (Å²) < 4.78 is 11.4. The minimum atomic E-state index is -0.719. The lowest BCUT2D eigenvalue weighted by atomic mass is 9.92. The molecular weight excluding hydrogens is 352 g/mol. The van der Waals surface area contributed by atoms with Crippen LogP contribution in [0, 0.1) is 0 Å². The van der Waals surface area contributed by atoms with Crippen LogP contribution in [0.3, 0.4) is 0 Å². The fraction of sp³-hybridized carbons (Fsp3) is 0.435. The van der Waals surface area contributed by atoms with Crippen LogP contribution in [-0.2, 0) is 10.4 Å². The SMILES string of the molecule is CCC(C)Oc1ccccc1C1(C)Nc2ccccc2C(=O)N1CCCOC. The number of nitrogens with zero attached hydrogens (tertiary/aromatic N) is 1. The summed E-state index contributed by atoms with van der Waals surface area (Å²) in [7, 11) is 1.68. The molecule has 1 N–H and O–H groups in total. The Labute approximate surface area is 167 Å². The molecule has 0 aromatic heterocycles. The number of carbonyl (C=O) groups is 1. The molecule has 0 radical (unpaired) electrons. The fourth-order valence-corrected chi connectivity index (χ4v) is 3.63. The van der Waals surface area contributed by atoms with Gasteiger partial charge in [-0.3, -0.25) is 4.79 Å². The van der Waals surface area contributed by atoms with Crippen molar-refractivity contribution in [2.75, 3.05) is 25.6 Å². The first kappa shape index (κ1) is 20.2. The lowest BCUT2D eigenvalue weighted by Crippen LogP contribution is -2.56. The normalized spacial score (nSPS) is 19.7. The summed E-state index contributed by atoms with van der Waals surface area (Å²) in [5.74, 6) is 0.821.